The van der Waals surface area contributed by atoms with Crippen LogP contribution >= 0.6 is 0 Å². The molecule has 2 heteroatoms. The number of hydrogen-bond acceptors (Lipinski definition) is 2. The second-order valence-corrected chi connectivity index (χ2v) is 5.78. The Labute approximate surface area is 108 Å². The van der Waals surface area contributed by atoms with E-state index in [1.54, 1.807) is 0 Å². The fourth-order valence-corrected chi connectivity index (χ4v) is 3.56. The van der Waals surface area contributed by atoms with Gasteiger partial charge in [0.25, 0.3) is 0 Å². The van der Waals surface area contributed by atoms with E-state index in [9.17, 15) is 4.79 Å². The molecule has 0 radical (unpaired) electrons. The first-order chi connectivity index (χ1) is 8.72. The van der Waals surface area contributed by atoms with E-state index in [1.165, 1.54) is 11.1 Å². The van der Waals surface area contributed by atoms with Gasteiger partial charge in [-0.1, -0.05) is 24.3 Å². The SMILES string of the molecule is Cc1ccccc1C1(C2CCC(=O)CC2)COC1. The molecule has 1 aliphatic carbocycles. The summed E-state index contributed by atoms with van der Waals surface area (Å²) >= 11 is 0. The van der Waals surface area contributed by atoms with E-state index < -0.39 is 0 Å². The minimum absolute atomic E-state index is 0.187. The van der Waals surface area contributed by atoms with Crippen molar-refractivity contribution in [2.24, 2.45) is 5.92 Å². The first-order valence-electron chi connectivity index (χ1n) is 6.88. The second kappa shape index (κ2) is 4.51. The van der Waals surface area contributed by atoms with Crippen molar-refractivity contribution < 1.29 is 9.53 Å². The lowest BCUT2D eigenvalue weighted by Crippen LogP contribution is -2.53. The van der Waals surface area contributed by atoms with Crippen LogP contribution in [0.1, 0.15) is 36.8 Å². The number of rotatable bonds is 2. The third-order valence-corrected chi connectivity index (χ3v) is 4.73. The van der Waals surface area contributed by atoms with Gasteiger partial charge in [-0.05, 0) is 36.8 Å². The minimum atomic E-state index is 0.187. The molecule has 2 fully saturated rings. The summed E-state index contributed by atoms with van der Waals surface area (Å²) in [5.41, 5.74) is 2.99. The van der Waals surface area contributed by atoms with E-state index in [0.717, 1.165) is 38.9 Å². The highest BCUT2D eigenvalue weighted by atomic mass is 16.5. The fourth-order valence-electron chi connectivity index (χ4n) is 3.56. The molecule has 1 aliphatic heterocycles. The molecule has 1 saturated heterocycles. The summed E-state index contributed by atoms with van der Waals surface area (Å²) < 4.78 is 5.54. The predicted octanol–water partition coefficient (Wildman–Crippen LogP) is 3.02. The van der Waals surface area contributed by atoms with Crippen LogP contribution in [0.4, 0.5) is 0 Å². The quantitative estimate of drug-likeness (QED) is 0.799. The van der Waals surface area contributed by atoms with Crippen LogP contribution in [-0.4, -0.2) is 19.0 Å². The predicted molar refractivity (Wildman–Crippen MR) is 70.6 cm³/mol. The zero-order valence-electron chi connectivity index (χ0n) is 10.9. The first kappa shape index (κ1) is 11.9. The summed E-state index contributed by atoms with van der Waals surface area (Å²) in [5.74, 6) is 1.05. The molecule has 2 nitrogen and oxygen atoms in total. The van der Waals surface area contributed by atoms with Crippen molar-refractivity contribution in [1.82, 2.24) is 0 Å². The number of hydrogen-bond donors (Lipinski definition) is 0. The summed E-state index contributed by atoms with van der Waals surface area (Å²) in [6.45, 7) is 3.84. The van der Waals surface area contributed by atoms with E-state index in [-0.39, 0.29) is 5.41 Å². The average molecular weight is 244 g/mol. The Morgan fingerprint density at radius 3 is 2.39 bits per heavy atom. The summed E-state index contributed by atoms with van der Waals surface area (Å²) in [5, 5.41) is 0. The molecule has 18 heavy (non-hydrogen) atoms. The standard InChI is InChI=1S/C16H20O2/c1-12-4-2-3-5-15(12)16(10-18-11-16)13-6-8-14(17)9-7-13/h2-5,13H,6-11H2,1H3. The van der Waals surface area contributed by atoms with E-state index >= 15 is 0 Å². The van der Waals surface area contributed by atoms with Gasteiger partial charge < -0.3 is 4.74 Å². The van der Waals surface area contributed by atoms with Crippen LogP contribution in [0.3, 0.4) is 0 Å². The molecule has 0 N–H and O–H groups in total. The second-order valence-electron chi connectivity index (χ2n) is 5.78. The van der Waals surface area contributed by atoms with Gasteiger partial charge in [0.1, 0.15) is 5.78 Å². The maximum atomic E-state index is 11.4. The Morgan fingerprint density at radius 1 is 1.17 bits per heavy atom. The topological polar surface area (TPSA) is 26.3 Å². The molecular formula is C16H20O2. The Morgan fingerprint density at radius 2 is 1.83 bits per heavy atom. The van der Waals surface area contributed by atoms with Gasteiger partial charge in [0.05, 0.1) is 13.2 Å². The molecule has 1 aromatic carbocycles. The molecule has 0 amide bonds. The lowest BCUT2D eigenvalue weighted by Gasteiger charge is -2.49. The van der Waals surface area contributed by atoms with Crippen molar-refractivity contribution in [1.29, 1.82) is 0 Å². The van der Waals surface area contributed by atoms with Crippen molar-refractivity contribution in [2.75, 3.05) is 13.2 Å². The maximum Gasteiger partial charge on any atom is 0.132 e. The minimum Gasteiger partial charge on any atom is -0.379 e. The number of ketones is 1. The Balaban J connectivity index is 1.91. The third kappa shape index (κ3) is 1.79. The number of benzene rings is 1. The maximum absolute atomic E-state index is 11.4. The molecule has 0 bridgehead atoms. The smallest absolute Gasteiger partial charge is 0.132 e. The molecule has 0 unspecified atom stereocenters. The monoisotopic (exact) mass is 244 g/mol. The Kier molecular flexibility index (Phi) is 2.98. The zero-order chi connectivity index (χ0) is 12.6. The summed E-state index contributed by atoms with van der Waals surface area (Å²) in [7, 11) is 0. The molecule has 1 heterocycles. The van der Waals surface area contributed by atoms with Crippen molar-refractivity contribution in [3.8, 4) is 0 Å². The van der Waals surface area contributed by atoms with E-state index in [1.807, 2.05) is 0 Å². The molecule has 0 spiro atoms. The molecular weight excluding hydrogens is 224 g/mol. The highest BCUT2D eigenvalue weighted by molar-refractivity contribution is 5.79. The molecule has 2 aliphatic rings. The summed E-state index contributed by atoms with van der Waals surface area (Å²) in [6, 6.07) is 8.64. The van der Waals surface area contributed by atoms with Gasteiger partial charge in [-0.15, -0.1) is 0 Å². The van der Waals surface area contributed by atoms with Crippen LogP contribution in [0, 0.1) is 12.8 Å². The van der Waals surface area contributed by atoms with Crippen LogP contribution in [0.25, 0.3) is 0 Å². The van der Waals surface area contributed by atoms with Gasteiger partial charge >= 0.3 is 0 Å². The number of aryl methyl sites for hydroxylation is 1. The molecule has 1 saturated carbocycles. The average Bonchev–Trinajstić information content (AvgIpc) is 2.32. The Hall–Kier alpha value is -1.15. The van der Waals surface area contributed by atoms with Crippen molar-refractivity contribution in [3.05, 3.63) is 35.4 Å². The van der Waals surface area contributed by atoms with Gasteiger partial charge in [-0.3, -0.25) is 4.79 Å². The van der Waals surface area contributed by atoms with E-state index in [2.05, 4.69) is 31.2 Å². The molecule has 3 rings (SSSR count). The molecule has 0 atom stereocenters. The fraction of sp³-hybridized carbons (Fsp3) is 0.562. The number of carbonyl (C=O) groups excluding carboxylic acids is 1. The summed E-state index contributed by atoms with van der Waals surface area (Å²) in [6.07, 6.45) is 3.60. The molecule has 1 aromatic rings. The normalized spacial score (nSPS) is 23.7. The Bertz CT molecular complexity index is 450. The zero-order valence-corrected chi connectivity index (χ0v) is 10.9. The highest BCUT2D eigenvalue weighted by Crippen LogP contribution is 2.46. The number of ether oxygens (including phenoxy) is 1. The van der Waals surface area contributed by atoms with E-state index in [4.69, 9.17) is 4.74 Å². The lowest BCUT2D eigenvalue weighted by molar-refractivity contribution is -0.127. The van der Waals surface area contributed by atoms with Gasteiger partial charge in [0.2, 0.25) is 0 Å². The largest absolute Gasteiger partial charge is 0.379 e. The van der Waals surface area contributed by atoms with Gasteiger partial charge in [-0.2, -0.15) is 0 Å². The van der Waals surface area contributed by atoms with Gasteiger partial charge in [0, 0.05) is 18.3 Å². The van der Waals surface area contributed by atoms with Gasteiger partial charge in [0.15, 0.2) is 0 Å². The third-order valence-electron chi connectivity index (χ3n) is 4.73. The van der Waals surface area contributed by atoms with Crippen molar-refractivity contribution in [2.45, 2.75) is 38.0 Å². The number of Topliss-reactive ketones (excluding diaryl/α,β-unsaturated/α-hetero) is 1. The van der Waals surface area contributed by atoms with Crippen LogP contribution in [0.2, 0.25) is 0 Å². The lowest BCUT2D eigenvalue weighted by atomic mass is 9.63. The van der Waals surface area contributed by atoms with E-state index in [0.29, 0.717) is 11.7 Å². The molecule has 96 valence electrons. The highest BCUT2D eigenvalue weighted by Gasteiger charge is 2.48. The van der Waals surface area contributed by atoms with Crippen LogP contribution in [0.5, 0.6) is 0 Å². The number of carbonyl (C=O) groups is 1. The van der Waals surface area contributed by atoms with Crippen LogP contribution < -0.4 is 0 Å². The molecule has 0 aromatic heterocycles. The van der Waals surface area contributed by atoms with Crippen LogP contribution in [-0.2, 0) is 14.9 Å². The first-order valence-corrected chi connectivity index (χ1v) is 6.88. The van der Waals surface area contributed by atoms with Crippen molar-refractivity contribution in [3.63, 3.8) is 0 Å². The van der Waals surface area contributed by atoms with Crippen LogP contribution in [0.15, 0.2) is 24.3 Å². The van der Waals surface area contributed by atoms with Crippen molar-refractivity contribution >= 4 is 5.78 Å². The summed E-state index contributed by atoms with van der Waals surface area (Å²) in [4.78, 5) is 11.4. The van der Waals surface area contributed by atoms with Gasteiger partial charge in [-0.25, -0.2) is 0 Å².